The van der Waals surface area contributed by atoms with E-state index in [2.05, 4.69) is 10.3 Å². The Morgan fingerprint density at radius 2 is 1.64 bits per heavy atom. The minimum atomic E-state index is -0.610. The van der Waals surface area contributed by atoms with Crippen LogP contribution in [0.25, 0.3) is 0 Å². The molecule has 0 spiro atoms. The monoisotopic (exact) mass is 299 g/mol. The summed E-state index contributed by atoms with van der Waals surface area (Å²) in [6.45, 7) is -0.418. The Labute approximate surface area is 126 Å². The van der Waals surface area contributed by atoms with E-state index in [0.29, 0.717) is 16.8 Å². The van der Waals surface area contributed by atoms with Crippen LogP contribution in [0.15, 0.2) is 48.8 Å². The molecule has 112 valence electrons. The van der Waals surface area contributed by atoms with Crippen LogP contribution in [0.5, 0.6) is 0 Å². The molecule has 0 aliphatic rings. The number of rotatable bonds is 5. The van der Waals surface area contributed by atoms with Gasteiger partial charge in [-0.15, -0.1) is 0 Å². The fourth-order valence-electron chi connectivity index (χ4n) is 1.62. The van der Waals surface area contributed by atoms with Crippen molar-refractivity contribution in [1.82, 2.24) is 4.98 Å². The van der Waals surface area contributed by atoms with Crippen LogP contribution in [0.4, 0.5) is 5.69 Å². The number of primary amides is 1. The Hall–Kier alpha value is -3.22. The van der Waals surface area contributed by atoms with Crippen molar-refractivity contribution in [2.75, 3.05) is 11.9 Å². The maximum Gasteiger partial charge on any atom is 0.338 e. The van der Waals surface area contributed by atoms with Crippen LogP contribution in [-0.2, 0) is 9.53 Å². The minimum absolute atomic E-state index is 0.314. The second kappa shape index (κ2) is 6.98. The summed E-state index contributed by atoms with van der Waals surface area (Å²) in [5, 5.41) is 2.53. The van der Waals surface area contributed by atoms with Crippen LogP contribution in [0.1, 0.15) is 20.7 Å². The number of pyridine rings is 1. The fraction of sp³-hybridized carbons (Fsp3) is 0.0667. The molecule has 2 amide bonds. The molecule has 7 heteroatoms. The second-order valence-electron chi connectivity index (χ2n) is 4.30. The zero-order valence-electron chi connectivity index (χ0n) is 11.5. The number of esters is 1. The third kappa shape index (κ3) is 4.14. The van der Waals surface area contributed by atoms with Crippen molar-refractivity contribution in [2.45, 2.75) is 0 Å². The molecule has 0 unspecified atom stereocenters. The number of carbonyl (C=O) groups excluding carboxylic acids is 3. The molecule has 0 fully saturated rings. The van der Waals surface area contributed by atoms with E-state index in [1.807, 2.05) is 0 Å². The Morgan fingerprint density at radius 3 is 2.23 bits per heavy atom. The van der Waals surface area contributed by atoms with Gasteiger partial charge in [-0.25, -0.2) is 4.79 Å². The lowest BCUT2D eigenvalue weighted by Crippen LogP contribution is -2.21. The SMILES string of the molecule is NC(=O)c1ccc(NC(=O)COC(=O)c2ccncc2)cc1. The standard InChI is InChI=1S/C15H13N3O4/c16-14(20)10-1-3-12(4-2-10)18-13(19)9-22-15(21)11-5-7-17-8-6-11/h1-8H,9H2,(H2,16,20)(H,18,19). The van der Waals surface area contributed by atoms with Gasteiger partial charge < -0.3 is 15.8 Å². The van der Waals surface area contributed by atoms with Gasteiger partial charge in [0.2, 0.25) is 5.91 Å². The topological polar surface area (TPSA) is 111 Å². The lowest BCUT2D eigenvalue weighted by molar-refractivity contribution is -0.119. The summed E-state index contributed by atoms with van der Waals surface area (Å²) in [5.41, 5.74) is 6.23. The first-order chi connectivity index (χ1) is 10.6. The van der Waals surface area contributed by atoms with E-state index in [-0.39, 0.29) is 0 Å². The van der Waals surface area contributed by atoms with E-state index in [0.717, 1.165) is 0 Å². The van der Waals surface area contributed by atoms with E-state index in [9.17, 15) is 14.4 Å². The summed E-state index contributed by atoms with van der Waals surface area (Å²) < 4.78 is 4.87. The Kier molecular flexibility index (Phi) is 4.81. The molecule has 0 aliphatic carbocycles. The number of carbonyl (C=O) groups is 3. The molecule has 0 saturated carbocycles. The molecule has 1 heterocycles. The Morgan fingerprint density at radius 1 is 1.00 bits per heavy atom. The molecule has 1 aromatic carbocycles. The first-order valence-electron chi connectivity index (χ1n) is 6.33. The number of nitrogens with one attached hydrogen (secondary N) is 1. The third-order valence-electron chi connectivity index (χ3n) is 2.70. The highest BCUT2D eigenvalue weighted by Crippen LogP contribution is 2.09. The number of anilines is 1. The van der Waals surface area contributed by atoms with Gasteiger partial charge in [-0.3, -0.25) is 14.6 Å². The van der Waals surface area contributed by atoms with Crippen molar-refractivity contribution in [3.8, 4) is 0 Å². The third-order valence-corrected chi connectivity index (χ3v) is 2.70. The lowest BCUT2D eigenvalue weighted by atomic mass is 10.2. The number of hydrogen-bond donors (Lipinski definition) is 2. The van der Waals surface area contributed by atoms with E-state index < -0.39 is 24.4 Å². The molecule has 3 N–H and O–H groups in total. The molecule has 0 atom stereocenters. The van der Waals surface area contributed by atoms with Gasteiger partial charge in [0.25, 0.3) is 5.91 Å². The van der Waals surface area contributed by atoms with E-state index in [4.69, 9.17) is 10.5 Å². The van der Waals surface area contributed by atoms with Gasteiger partial charge in [0, 0.05) is 23.6 Å². The lowest BCUT2D eigenvalue weighted by Gasteiger charge is -2.07. The number of nitrogens with two attached hydrogens (primary N) is 1. The van der Waals surface area contributed by atoms with Crippen molar-refractivity contribution < 1.29 is 19.1 Å². The molecular weight excluding hydrogens is 286 g/mol. The maximum absolute atomic E-state index is 11.7. The van der Waals surface area contributed by atoms with Crippen LogP contribution in [-0.4, -0.2) is 29.4 Å². The molecule has 0 saturated heterocycles. The normalized spacial score (nSPS) is 9.82. The summed E-state index contributed by atoms with van der Waals surface area (Å²) in [6, 6.07) is 9.01. The van der Waals surface area contributed by atoms with Crippen LogP contribution >= 0.6 is 0 Å². The summed E-state index contributed by atoms with van der Waals surface area (Å²) in [7, 11) is 0. The molecule has 0 radical (unpaired) electrons. The van der Waals surface area contributed by atoms with Crippen molar-refractivity contribution in [3.05, 3.63) is 59.9 Å². The molecule has 2 aromatic rings. The van der Waals surface area contributed by atoms with Gasteiger partial charge in [0.05, 0.1) is 5.56 Å². The van der Waals surface area contributed by atoms with Crippen molar-refractivity contribution in [2.24, 2.45) is 5.73 Å². The molecule has 1 aromatic heterocycles. The highest BCUT2D eigenvalue weighted by Gasteiger charge is 2.10. The van der Waals surface area contributed by atoms with Crippen molar-refractivity contribution in [1.29, 1.82) is 0 Å². The van der Waals surface area contributed by atoms with Gasteiger partial charge in [0.15, 0.2) is 6.61 Å². The number of benzene rings is 1. The van der Waals surface area contributed by atoms with Crippen molar-refractivity contribution in [3.63, 3.8) is 0 Å². The van der Waals surface area contributed by atoms with Gasteiger partial charge in [-0.1, -0.05) is 0 Å². The summed E-state index contributed by atoms with van der Waals surface area (Å²) in [6.07, 6.45) is 2.91. The highest BCUT2D eigenvalue weighted by molar-refractivity contribution is 5.96. The second-order valence-corrected chi connectivity index (χ2v) is 4.30. The number of hydrogen-bond acceptors (Lipinski definition) is 5. The molecule has 22 heavy (non-hydrogen) atoms. The predicted octanol–water partition coefficient (Wildman–Crippen LogP) is 0.976. The molecule has 7 nitrogen and oxygen atoms in total. The molecular formula is C15H13N3O4. The van der Waals surface area contributed by atoms with E-state index in [1.165, 1.54) is 48.8 Å². The Bertz CT molecular complexity index is 684. The largest absolute Gasteiger partial charge is 0.452 e. The molecule has 0 bridgehead atoms. The van der Waals surface area contributed by atoms with Gasteiger partial charge in [-0.05, 0) is 36.4 Å². The first kappa shape index (κ1) is 15.2. The van der Waals surface area contributed by atoms with Crippen LogP contribution in [0, 0.1) is 0 Å². The Balaban J connectivity index is 1.85. The van der Waals surface area contributed by atoms with Gasteiger partial charge >= 0.3 is 5.97 Å². The number of ether oxygens (including phenoxy) is 1. The van der Waals surface area contributed by atoms with Crippen molar-refractivity contribution >= 4 is 23.5 Å². The minimum Gasteiger partial charge on any atom is -0.452 e. The summed E-state index contributed by atoms with van der Waals surface area (Å²) >= 11 is 0. The first-order valence-corrected chi connectivity index (χ1v) is 6.33. The van der Waals surface area contributed by atoms with Crippen LogP contribution < -0.4 is 11.1 Å². The van der Waals surface area contributed by atoms with Crippen LogP contribution in [0.2, 0.25) is 0 Å². The molecule has 2 rings (SSSR count). The smallest absolute Gasteiger partial charge is 0.338 e. The number of nitrogens with zero attached hydrogens (tertiary/aromatic N) is 1. The zero-order chi connectivity index (χ0) is 15.9. The number of aromatic nitrogens is 1. The average molecular weight is 299 g/mol. The average Bonchev–Trinajstić information content (AvgIpc) is 2.54. The quantitative estimate of drug-likeness (QED) is 0.799. The summed E-state index contributed by atoms with van der Waals surface area (Å²) in [5.74, 6) is -1.65. The highest BCUT2D eigenvalue weighted by atomic mass is 16.5. The van der Waals surface area contributed by atoms with E-state index >= 15 is 0 Å². The fourth-order valence-corrected chi connectivity index (χ4v) is 1.62. The van der Waals surface area contributed by atoms with Gasteiger partial charge in [-0.2, -0.15) is 0 Å². The maximum atomic E-state index is 11.7. The molecule has 0 aliphatic heterocycles. The van der Waals surface area contributed by atoms with Gasteiger partial charge in [0.1, 0.15) is 0 Å². The zero-order valence-corrected chi connectivity index (χ0v) is 11.5. The summed E-state index contributed by atoms with van der Waals surface area (Å²) in [4.78, 5) is 38.0. The van der Waals surface area contributed by atoms with Crippen LogP contribution in [0.3, 0.4) is 0 Å². The predicted molar refractivity (Wildman–Crippen MR) is 78.1 cm³/mol. The number of amides is 2. The van der Waals surface area contributed by atoms with E-state index in [1.54, 1.807) is 0 Å².